The molecule has 4 rings (SSSR count). The molecule has 8 heteroatoms. The Hall–Kier alpha value is -2.09. The Kier molecular flexibility index (Phi) is 6.46. The average molecular weight is 390 g/mol. The number of aromatic nitrogens is 2. The summed E-state index contributed by atoms with van der Waals surface area (Å²) in [6, 6.07) is 0. The molecule has 1 atom stereocenters. The van der Waals surface area contributed by atoms with E-state index >= 15 is 0 Å². The fourth-order valence-corrected chi connectivity index (χ4v) is 3.98. The highest BCUT2D eigenvalue weighted by atomic mass is 16.6. The first kappa shape index (κ1) is 19.2. The number of ether oxygens (including phenoxy) is 3. The lowest BCUT2D eigenvalue weighted by Crippen LogP contribution is -2.41. The second-order valence-corrected chi connectivity index (χ2v) is 7.87. The van der Waals surface area contributed by atoms with Crippen molar-refractivity contribution in [1.82, 2.24) is 14.9 Å². The minimum absolute atomic E-state index is 0.0833. The van der Waals surface area contributed by atoms with E-state index in [4.69, 9.17) is 14.2 Å². The summed E-state index contributed by atoms with van der Waals surface area (Å²) in [5.41, 5.74) is 0. The monoisotopic (exact) mass is 390 g/mol. The summed E-state index contributed by atoms with van der Waals surface area (Å²) < 4.78 is 16.6. The Labute approximate surface area is 166 Å². The van der Waals surface area contributed by atoms with E-state index < -0.39 is 0 Å². The number of hydrogen-bond acceptors (Lipinski definition) is 7. The Morgan fingerprint density at radius 2 is 1.89 bits per heavy atom. The largest absolute Gasteiger partial charge is 0.476 e. The van der Waals surface area contributed by atoms with Gasteiger partial charge in [0.2, 0.25) is 5.88 Å². The van der Waals surface area contributed by atoms with Crippen molar-refractivity contribution in [1.29, 1.82) is 0 Å². The summed E-state index contributed by atoms with van der Waals surface area (Å²) in [6.07, 6.45) is 9.61. The third-order valence-corrected chi connectivity index (χ3v) is 5.79. The van der Waals surface area contributed by atoms with Crippen LogP contribution in [0.15, 0.2) is 12.4 Å². The van der Waals surface area contributed by atoms with Gasteiger partial charge in [-0.05, 0) is 38.0 Å². The van der Waals surface area contributed by atoms with Crippen LogP contribution in [0.2, 0.25) is 0 Å². The molecule has 0 spiro atoms. The Bertz CT molecular complexity index is 622. The van der Waals surface area contributed by atoms with Gasteiger partial charge in [0.05, 0.1) is 32.2 Å². The molecule has 8 nitrogen and oxygen atoms in total. The Morgan fingerprint density at radius 1 is 1.07 bits per heavy atom. The van der Waals surface area contributed by atoms with Crippen LogP contribution in [0.3, 0.4) is 0 Å². The van der Waals surface area contributed by atoms with Gasteiger partial charge in [-0.15, -0.1) is 0 Å². The van der Waals surface area contributed by atoms with E-state index in [1.807, 2.05) is 6.20 Å². The van der Waals surface area contributed by atoms with Gasteiger partial charge in [-0.2, -0.15) is 0 Å². The number of amides is 1. The fourth-order valence-electron chi connectivity index (χ4n) is 3.98. The molecule has 1 amide bonds. The SMILES string of the molecule is O=C(O[C@@H]1CCOC1)N1CCC(COc2cnc(N3CCCCC3)cn2)CC1. The normalized spacial score (nSPS) is 23.6. The Morgan fingerprint density at radius 3 is 2.57 bits per heavy atom. The number of nitrogens with zero attached hydrogens (tertiary/aromatic N) is 4. The van der Waals surface area contributed by atoms with Gasteiger partial charge in [0.1, 0.15) is 11.9 Å². The molecule has 0 radical (unpaired) electrons. The van der Waals surface area contributed by atoms with Crippen molar-refractivity contribution in [3.05, 3.63) is 12.4 Å². The van der Waals surface area contributed by atoms with Gasteiger partial charge in [0, 0.05) is 32.6 Å². The fraction of sp³-hybridized carbons (Fsp3) is 0.750. The number of rotatable bonds is 5. The van der Waals surface area contributed by atoms with Gasteiger partial charge < -0.3 is 24.0 Å². The van der Waals surface area contributed by atoms with E-state index in [1.165, 1.54) is 19.3 Å². The second-order valence-electron chi connectivity index (χ2n) is 7.87. The van der Waals surface area contributed by atoms with Crippen LogP contribution in [0.25, 0.3) is 0 Å². The van der Waals surface area contributed by atoms with Crippen molar-refractivity contribution in [2.45, 2.75) is 44.6 Å². The summed E-state index contributed by atoms with van der Waals surface area (Å²) in [5.74, 6) is 1.93. The third-order valence-electron chi connectivity index (χ3n) is 5.79. The smallest absolute Gasteiger partial charge is 0.410 e. The zero-order chi connectivity index (χ0) is 19.2. The molecule has 0 aromatic carbocycles. The van der Waals surface area contributed by atoms with Crippen molar-refractivity contribution >= 4 is 11.9 Å². The van der Waals surface area contributed by atoms with Crippen LogP contribution >= 0.6 is 0 Å². The minimum Gasteiger partial charge on any atom is -0.476 e. The van der Waals surface area contributed by atoms with Crippen LogP contribution in [-0.2, 0) is 9.47 Å². The van der Waals surface area contributed by atoms with Crippen LogP contribution in [0.4, 0.5) is 10.6 Å². The highest BCUT2D eigenvalue weighted by Gasteiger charge is 2.27. The molecule has 4 heterocycles. The summed E-state index contributed by atoms with van der Waals surface area (Å²) in [4.78, 5) is 25.2. The predicted molar refractivity (Wildman–Crippen MR) is 104 cm³/mol. The minimum atomic E-state index is -0.214. The van der Waals surface area contributed by atoms with E-state index in [2.05, 4.69) is 14.9 Å². The second kappa shape index (κ2) is 9.41. The van der Waals surface area contributed by atoms with Crippen LogP contribution in [0, 0.1) is 5.92 Å². The highest BCUT2D eigenvalue weighted by molar-refractivity contribution is 5.68. The molecule has 3 aliphatic heterocycles. The van der Waals surface area contributed by atoms with Crippen molar-refractivity contribution in [3.8, 4) is 5.88 Å². The predicted octanol–water partition coefficient (Wildman–Crippen LogP) is 2.48. The molecular formula is C20H30N4O4. The van der Waals surface area contributed by atoms with Gasteiger partial charge in [0.25, 0.3) is 0 Å². The van der Waals surface area contributed by atoms with Gasteiger partial charge in [-0.1, -0.05) is 0 Å². The van der Waals surface area contributed by atoms with Gasteiger partial charge in [-0.3, -0.25) is 0 Å². The number of hydrogen-bond donors (Lipinski definition) is 0. The molecule has 3 saturated heterocycles. The van der Waals surface area contributed by atoms with Crippen molar-refractivity contribution in [3.63, 3.8) is 0 Å². The lowest BCUT2D eigenvalue weighted by Gasteiger charge is -2.31. The number of piperidine rings is 2. The number of carbonyl (C=O) groups excluding carboxylic acids is 1. The highest BCUT2D eigenvalue weighted by Crippen LogP contribution is 2.21. The molecule has 0 bridgehead atoms. The quantitative estimate of drug-likeness (QED) is 0.764. The number of anilines is 1. The molecule has 0 saturated carbocycles. The van der Waals surface area contributed by atoms with E-state index in [1.54, 1.807) is 11.1 Å². The Balaban J connectivity index is 1.17. The van der Waals surface area contributed by atoms with E-state index in [9.17, 15) is 4.79 Å². The third kappa shape index (κ3) is 5.04. The molecule has 154 valence electrons. The zero-order valence-electron chi connectivity index (χ0n) is 16.4. The number of carbonyl (C=O) groups is 1. The van der Waals surface area contributed by atoms with E-state index in [0.717, 1.165) is 38.2 Å². The molecular weight excluding hydrogens is 360 g/mol. The molecule has 3 aliphatic rings. The van der Waals surface area contributed by atoms with Gasteiger partial charge >= 0.3 is 6.09 Å². The maximum absolute atomic E-state index is 12.2. The summed E-state index contributed by atoms with van der Waals surface area (Å²) in [5, 5.41) is 0. The number of likely N-dealkylation sites (tertiary alicyclic amines) is 1. The molecule has 0 unspecified atom stereocenters. The van der Waals surface area contributed by atoms with Gasteiger partial charge in [-0.25, -0.2) is 14.8 Å². The first-order chi connectivity index (χ1) is 13.8. The van der Waals surface area contributed by atoms with Crippen molar-refractivity contribution in [2.75, 3.05) is 50.9 Å². The van der Waals surface area contributed by atoms with Crippen LogP contribution < -0.4 is 9.64 Å². The summed E-state index contributed by atoms with van der Waals surface area (Å²) >= 11 is 0. The zero-order valence-corrected chi connectivity index (χ0v) is 16.4. The van der Waals surface area contributed by atoms with E-state index in [0.29, 0.717) is 44.7 Å². The standard InChI is InChI=1S/C20H30N4O4/c25-20(28-17-6-11-26-15-17)24-9-4-16(5-10-24)14-27-19-13-21-18(12-22-19)23-7-2-1-3-8-23/h12-13,16-17H,1-11,14-15H2/t17-/m1/s1. The topological polar surface area (TPSA) is 77.0 Å². The molecule has 3 fully saturated rings. The van der Waals surface area contributed by atoms with Crippen LogP contribution in [-0.4, -0.2) is 73.1 Å². The van der Waals surface area contributed by atoms with Gasteiger partial charge in [0.15, 0.2) is 0 Å². The lowest BCUT2D eigenvalue weighted by atomic mass is 9.98. The maximum Gasteiger partial charge on any atom is 0.410 e. The first-order valence-corrected chi connectivity index (χ1v) is 10.5. The lowest BCUT2D eigenvalue weighted by molar-refractivity contribution is 0.0432. The average Bonchev–Trinajstić information content (AvgIpc) is 3.27. The molecule has 0 N–H and O–H groups in total. The molecule has 0 aliphatic carbocycles. The maximum atomic E-state index is 12.2. The molecule has 28 heavy (non-hydrogen) atoms. The van der Waals surface area contributed by atoms with E-state index in [-0.39, 0.29) is 12.2 Å². The van der Waals surface area contributed by atoms with Crippen LogP contribution in [0.5, 0.6) is 5.88 Å². The van der Waals surface area contributed by atoms with Crippen molar-refractivity contribution < 1.29 is 19.0 Å². The summed E-state index contributed by atoms with van der Waals surface area (Å²) in [6.45, 7) is 5.34. The van der Waals surface area contributed by atoms with Crippen LogP contribution in [0.1, 0.15) is 38.5 Å². The first-order valence-electron chi connectivity index (χ1n) is 10.5. The molecule has 1 aromatic rings. The van der Waals surface area contributed by atoms with Crippen molar-refractivity contribution in [2.24, 2.45) is 5.92 Å². The molecule has 1 aromatic heterocycles. The summed E-state index contributed by atoms with van der Waals surface area (Å²) in [7, 11) is 0.